The summed E-state index contributed by atoms with van der Waals surface area (Å²) in [6, 6.07) is 17.0. The van der Waals surface area contributed by atoms with Crippen molar-refractivity contribution in [2.24, 2.45) is 0 Å². The third-order valence-corrected chi connectivity index (χ3v) is 8.03. The molecule has 0 bridgehead atoms. The molecule has 0 radical (unpaired) electrons. The second-order valence-electron chi connectivity index (χ2n) is 8.43. The Hall–Kier alpha value is -2.34. The van der Waals surface area contributed by atoms with Crippen LogP contribution < -0.4 is 0 Å². The number of halogens is 2. The van der Waals surface area contributed by atoms with Gasteiger partial charge in [-0.3, -0.25) is 9.59 Å². The zero-order chi connectivity index (χ0) is 24.2. The molecule has 0 N–H and O–H groups in total. The molecule has 3 aromatic rings. The van der Waals surface area contributed by atoms with E-state index in [1.54, 1.807) is 28.4 Å². The van der Waals surface area contributed by atoms with Crippen LogP contribution >= 0.6 is 34.5 Å². The van der Waals surface area contributed by atoms with Crippen LogP contribution in [-0.4, -0.2) is 41.2 Å². The van der Waals surface area contributed by atoms with Crippen molar-refractivity contribution >= 4 is 46.4 Å². The van der Waals surface area contributed by atoms with Crippen molar-refractivity contribution in [1.29, 1.82) is 0 Å². The van der Waals surface area contributed by atoms with Crippen LogP contribution in [0.5, 0.6) is 0 Å². The number of carbonyl (C=O) groups excluding carboxylic acids is 2. The molecule has 0 fully saturated rings. The molecule has 1 aliphatic heterocycles. The van der Waals surface area contributed by atoms with E-state index >= 15 is 0 Å². The number of thiophene rings is 1. The predicted octanol–water partition coefficient (Wildman–Crippen LogP) is 6.57. The molecule has 0 saturated heterocycles. The van der Waals surface area contributed by atoms with E-state index in [1.807, 2.05) is 55.1 Å². The lowest BCUT2D eigenvalue weighted by atomic mass is 9.92. The lowest BCUT2D eigenvalue weighted by Crippen LogP contribution is -2.47. The summed E-state index contributed by atoms with van der Waals surface area (Å²) in [6.07, 6.45) is 1.47. The largest absolute Gasteiger partial charge is 0.333 e. The van der Waals surface area contributed by atoms with Crippen LogP contribution in [0.25, 0.3) is 0 Å². The maximum atomic E-state index is 13.7. The summed E-state index contributed by atoms with van der Waals surface area (Å²) in [5, 5.41) is 3.15. The number of fused-ring (bicyclic) bond motifs is 1. The Labute approximate surface area is 215 Å². The van der Waals surface area contributed by atoms with Gasteiger partial charge in [-0.2, -0.15) is 0 Å². The van der Waals surface area contributed by atoms with Gasteiger partial charge in [0.15, 0.2) is 0 Å². The Balaban J connectivity index is 1.61. The van der Waals surface area contributed by atoms with E-state index in [-0.39, 0.29) is 30.3 Å². The molecule has 1 aromatic heterocycles. The molecule has 0 aliphatic carbocycles. The maximum Gasteiger partial charge on any atom is 0.242 e. The summed E-state index contributed by atoms with van der Waals surface area (Å²) in [7, 11) is 0. The number of likely N-dealkylation sites (N-methyl/N-ethyl adjacent to an activating group) is 1. The van der Waals surface area contributed by atoms with Gasteiger partial charge in [-0.15, -0.1) is 11.3 Å². The highest BCUT2D eigenvalue weighted by atomic mass is 35.5. The van der Waals surface area contributed by atoms with Crippen LogP contribution in [-0.2, 0) is 16.0 Å². The fourth-order valence-electron chi connectivity index (χ4n) is 4.70. The zero-order valence-corrected chi connectivity index (χ0v) is 21.7. The Kier molecular flexibility index (Phi) is 7.97. The number of hydrogen-bond donors (Lipinski definition) is 0. The second-order valence-corrected chi connectivity index (χ2v) is 10.3. The van der Waals surface area contributed by atoms with Crippen molar-refractivity contribution in [1.82, 2.24) is 9.80 Å². The van der Waals surface area contributed by atoms with E-state index in [0.717, 1.165) is 23.1 Å². The molecule has 7 heteroatoms. The van der Waals surface area contributed by atoms with Crippen LogP contribution in [0.1, 0.15) is 53.8 Å². The molecule has 2 amide bonds. The van der Waals surface area contributed by atoms with E-state index in [9.17, 15) is 9.59 Å². The standard InChI is InChI=1S/C27H28Cl2N2O2S/c1-3-20(18-8-6-5-7-9-18)27(33)30(4-2)17-25(32)31-14-12-24-22(13-15-34-24)26(31)21-11-10-19(28)16-23(21)29/h5-11,13,15-16,20,26H,3-4,12,14,17H2,1-2H3. The van der Waals surface area contributed by atoms with E-state index in [4.69, 9.17) is 23.2 Å². The third-order valence-electron chi connectivity index (χ3n) is 6.47. The highest BCUT2D eigenvalue weighted by Gasteiger charge is 2.35. The molecule has 0 spiro atoms. The van der Waals surface area contributed by atoms with E-state index < -0.39 is 0 Å². The quantitative estimate of drug-likeness (QED) is 0.357. The van der Waals surface area contributed by atoms with Crippen LogP contribution in [0.15, 0.2) is 60.0 Å². The van der Waals surface area contributed by atoms with Crippen LogP contribution in [0.4, 0.5) is 0 Å². The van der Waals surface area contributed by atoms with Gasteiger partial charge in [0.2, 0.25) is 11.8 Å². The van der Waals surface area contributed by atoms with Crippen molar-refractivity contribution in [2.45, 2.75) is 38.6 Å². The number of rotatable bonds is 7. The third kappa shape index (κ3) is 5.02. The monoisotopic (exact) mass is 514 g/mol. The minimum atomic E-state index is -0.294. The van der Waals surface area contributed by atoms with Gasteiger partial charge in [0.1, 0.15) is 0 Å². The first-order valence-electron chi connectivity index (χ1n) is 11.6. The average molecular weight is 516 g/mol. The molecular weight excluding hydrogens is 487 g/mol. The highest BCUT2D eigenvalue weighted by Crippen LogP contribution is 2.41. The SMILES string of the molecule is CCC(C(=O)N(CC)CC(=O)N1CCc2sccc2C1c1ccc(Cl)cc1Cl)c1ccccc1. The first-order valence-corrected chi connectivity index (χ1v) is 13.2. The number of carbonyl (C=O) groups is 2. The van der Waals surface area contributed by atoms with Gasteiger partial charge in [0.05, 0.1) is 18.5 Å². The lowest BCUT2D eigenvalue weighted by Gasteiger charge is -2.38. The van der Waals surface area contributed by atoms with Gasteiger partial charge in [-0.05, 0) is 60.0 Å². The number of benzene rings is 2. The van der Waals surface area contributed by atoms with Crippen LogP contribution in [0.3, 0.4) is 0 Å². The van der Waals surface area contributed by atoms with Gasteiger partial charge in [-0.25, -0.2) is 0 Å². The Morgan fingerprint density at radius 2 is 1.85 bits per heavy atom. The molecule has 2 unspecified atom stereocenters. The van der Waals surface area contributed by atoms with Crippen LogP contribution in [0.2, 0.25) is 10.0 Å². The van der Waals surface area contributed by atoms with Crippen molar-refractivity contribution in [2.75, 3.05) is 19.6 Å². The average Bonchev–Trinajstić information content (AvgIpc) is 3.32. The summed E-state index contributed by atoms with van der Waals surface area (Å²) in [5.41, 5.74) is 2.93. The number of nitrogens with zero attached hydrogens (tertiary/aromatic N) is 2. The zero-order valence-electron chi connectivity index (χ0n) is 19.3. The maximum absolute atomic E-state index is 13.7. The van der Waals surface area contributed by atoms with E-state index in [1.165, 1.54) is 4.88 Å². The summed E-state index contributed by atoms with van der Waals surface area (Å²) in [4.78, 5) is 31.9. The molecule has 2 aromatic carbocycles. The van der Waals surface area contributed by atoms with Crippen molar-refractivity contribution in [3.8, 4) is 0 Å². The molecule has 34 heavy (non-hydrogen) atoms. The molecule has 2 heterocycles. The Morgan fingerprint density at radius 3 is 2.53 bits per heavy atom. The molecule has 4 rings (SSSR count). The smallest absolute Gasteiger partial charge is 0.242 e. The van der Waals surface area contributed by atoms with Gasteiger partial charge >= 0.3 is 0 Å². The minimum Gasteiger partial charge on any atom is -0.333 e. The minimum absolute atomic E-state index is 0.0149. The molecule has 2 atom stereocenters. The topological polar surface area (TPSA) is 40.6 Å². The van der Waals surface area contributed by atoms with E-state index in [0.29, 0.717) is 29.6 Å². The molecule has 4 nitrogen and oxygen atoms in total. The predicted molar refractivity (Wildman–Crippen MR) is 140 cm³/mol. The first kappa shape index (κ1) is 24.8. The summed E-state index contributed by atoms with van der Waals surface area (Å²) in [6.45, 7) is 5.02. The van der Waals surface area contributed by atoms with Crippen LogP contribution in [0, 0.1) is 0 Å². The van der Waals surface area contributed by atoms with Crippen molar-refractivity contribution in [3.63, 3.8) is 0 Å². The lowest BCUT2D eigenvalue weighted by molar-refractivity contribution is -0.142. The molecular formula is C27H28Cl2N2O2S. The van der Waals surface area contributed by atoms with Crippen molar-refractivity contribution < 1.29 is 9.59 Å². The molecule has 0 saturated carbocycles. The normalized spacial score (nSPS) is 16.1. The summed E-state index contributed by atoms with van der Waals surface area (Å²) in [5.74, 6) is -0.356. The van der Waals surface area contributed by atoms with E-state index in [2.05, 4.69) is 11.4 Å². The Morgan fingerprint density at radius 1 is 1.09 bits per heavy atom. The molecule has 178 valence electrons. The fourth-order valence-corrected chi connectivity index (χ4v) is 6.12. The number of amides is 2. The van der Waals surface area contributed by atoms with Gasteiger partial charge in [0, 0.05) is 28.0 Å². The first-order chi connectivity index (χ1) is 16.4. The van der Waals surface area contributed by atoms with Gasteiger partial charge < -0.3 is 9.80 Å². The summed E-state index contributed by atoms with van der Waals surface area (Å²) < 4.78 is 0. The Bertz CT molecular complexity index is 1160. The van der Waals surface area contributed by atoms with Crippen molar-refractivity contribution in [3.05, 3.63) is 91.6 Å². The van der Waals surface area contributed by atoms with Gasteiger partial charge in [0.25, 0.3) is 0 Å². The fraction of sp³-hybridized carbons (Fsp3) is 0.333. The van der Waals surface area contributed by atoms with Gasteiger partial charge in [-0.1, -0.05) is 66.5 Å². The second kappa shape index (κ2) is 10.9. The molecule has 1 aliphatic rings. The number of hydrogen-bond acceptors (Lipinski definition) is 3. The highest BCUT2D eigenvalue weighted by molar-refractivity contribution is 7.10. The summed E-state index contributed by atoms with van der Waals surface area (Å²) >= 11 is 14.4.